The standard InChI is InChI=1S/C18H10Br2ClNO4S2/c19-10-1-4-14(26-8-16(23)24)9(5-10)6-15-17(25)22(18(27)28-15)11-2-3-12(20)13(21)7-11/h1-7H,8H2,(H,23,24)/b15-6+. The Balaban J connectivity index is 1.94. The monoisotopic (exact) mass is 561 g/mol. The lowest BCUT2D eigenvalue weighted by atomic mass is 10.2. The van der Waals surface area contributed by atoms with Crippen LogP contribution < -0.4 is 9.64 Å². The fourth-order valence-corrected chi connectivity index (χ4v) is 4.45. The van der Waals surface area contributed by atoms with Gasteiger partial charge in [0.25, 0.3) is 5.91 Å². The van der Waals surface area contributed by atoms with Gasteiger partial charge in [-0.3, -0.25) is 9.69 Å². The number of ether oxygens (including phenoxy) is 1. The number of carboxylic acids is 1. The number of benzene rings is 2. The maximum absolute atomic E-state index is 12.9. The number of carbonyl (C=O) groups excluding carboxylic acids is 1. The SMILES string of the molecule is O=C(O)COc1ccc(Br)cc1/C=C1/SC(=S)N(c2ccc(Br)c(Cl)c2)C1=O. The zero-order chi connectivity index (χ0) is 20.4. The maximum atomic E-state index is 12.9. The van der Waals surface area contributed by atoms with Crippen molar-refractivity contribution < 1.29 is 19.4 Å². The van der Waals surface area contributed by atoms with E-state index in [2.05, 4.69) is 31.9 Å². The van der Waals surface area contributed by atoms with Crippen molar-refractivity contribution in [3.8, 4) is 5.75 Å². The van der Waals surface area contributed by atoms with Crippen molar-refractivity contribution in [1.29, 1.82) is 0 Å². The van der Waals surface area contributed by atoms with Crippen LogP contribution in [0.2, 0.25) is 5.02 Å². The molecule has 1 aliphatic rings. The topological polar surface area (TPSA) is 66.8 Å². The Labute approximate surface area is 191 Å². The van der Waals surface area contributed by atoms with Gasteiger partial charge >= 0.3 is 5.97 Å². The zero-order valence-electron chi connectivity index (χ0n) is 13.8. The number of halogens is 3. The molecule has 2 aromatic rings. The van der Waals surface area contributed by atoms with E-state index < -0.39 is 12.6 Å². The lowest BCUT2D eigenvalue weighted by Gasteiger charge is -2.15. The van der Waals surface area contributed by atoms with Gasteiger partial charge in [-0.15, -0.1) is 0 Å². The Morgan fingerprint density at radius 2 is 2.04 bits per heavy atom. The number of thioether (sulfide) groups is 1. The number of hydrogen-bond donors (Lipinski definition) is 1. The Morgan fingerprint density at radius 3 is 2.71 bits per heavy atom. The van der Waals surface area contributed by atoms with E-state index in [1.54, 1.807) is 42.5 Å². The first-order chi connectivity index (χ1) is 13.3. The van der Waals surface area contributed by atoms with E-state index >= 15 is 0 Å². The van der Waals surface area contributed by atoms with Gasteiger partial charge in [-0.2, -0.15) is 0 Å². The summed E-state index contributed by atoms with van der Waals surface area (Å²) < 4.78 is 7.16. The molecule has 0 aliphatic carbocycles. The summed E-state index contributed by atoms with van der Waals surface area (Å²) in [7, 11) is 0. The van der Waals surface area contributed by atoms with Crippen LogP contribution in [-0.4, -0.2) is 27.9 Å². The fourth-order valence-electron chi connectivity index (χ4n) is 2.36. The van der Waals surface area contributed by atoms with Gasteiger partial charge in [0, 0.05) is 14.5 Å². The second-order valence-electron chi connectivity index (χ2n) is 5.48. The molecule has 28 heavy (non-hydrogen) atoms. The van der Waals surface area contributed by atoms with Crippen molar-refractivity contribution >= 4 is 95.4 Å². The Bertz CT molecular complexity index is 1030. The summed E-state index contributed by atoms with van der Waals surface area (Å²) in [5.74, 6) is -1.03. The van der Waals surface area contributed by atoms with E-state index in [1.165, 1.54) is 4.90 Å². The van der Waals surface area contributed by atoms with Crippen LogP contribution in [0.4, 0.5) is 5.69 Å². The van der Waals surface area contributed by atoms with Gasteiger partial charge in [-0.1, -0.05) is 51.5 Å². The van der Waals surface area contributed by atoms with Crippen LogP contribution in [0.15, 0.2) is 50.2 Å². The van der Waals surface area contributed by atoms with Crippen molar-refractivity contribution in [2.45, 2.75) is 0 Å². The molecule has 0 bridgehead atoms. The molecule has 1 fully saturated rings. The third-order valence-corrected chi connectivity index (χ3v) is 6.59. The number of amides is 1. The Kier molecular flexibility index (Phi) is 6.82. The zero-order valence-corrected chi connectivity index (χ0v) is 19.4. The minimum Gasteiger partial charge on any atom is -0.481 e. The summed E-state index contributed by atoms with van der Waals surface area (Å²) in [5.41, 5.74) is 1.13. The molecule has 2 aromatic carbocycles. The molecule has 1 N–H and O–H groups in total. The maximum Gasteiger partial charge on any atom is 0.341 e. The normalized spacial score (nSPS) is 15.4. The number of carboxylic acid groups (broad SMARTS) is 1. The Morgan fingerprint density at radius 1 is 1.29 bits per heavy atom. The molecule has 0 spiro atoms. The average molecular weight is 564 g/mol. The van der Waals surface area contributed by atoms with Gasteiger partial charge in [0.1, 0.15) is 5.75 Å². The molecule has 1 aliphatic heterocycles. The summed E-state index contributed by atoms with van der Waals surface area (Å²) in [6.45, 7) is -0.485. The van der Waals surface area contributed by atoms with Crippen molar-refractivity contribution in [3.05, 3.63) is 60.8 Å². The van der Waals surface area contributed by atoms with Gasteiger partial charge in [0.15, 0.2) is 10.9 Å². The van der Waals surface area contributed by atoms with Crippen molar-refractivity contribution in [2.75, 3.05) is 11.5 Å². The summed E-state index contributed by atoms with van der Waals surface area (Å²) in [6.07, 6.45) is 1.63. The highest BCUT2D eigenvalue weighted by Gasteiger charge is 2.33. The van der Waals surface area contributed by atoms with Crippen molar-refractivity contribution in [1.82, 2.24) is 0 Å². The third kappa shape index (κ3) is 4.77. The number of nitrogens with zero attached hydrogens (tertiary/aromatic N) is 1. The molecule has 3 rings (SSSR count). The lowest BCUT2D eigenvalue weighted by molar-refractivity contribution is -0.139. The van der Waals surface area contributed by atoms with Gasteiger partial charge in [0.2, 0.25) is 0 Å². The van der Waals surface area contributed by atoms with E-state index in [0.29, 0.717) is 35.7 Å². The molecule has 10 heteroatoms. The third-order valence-electron chi connectivity index (χ3n) is 3.56. The van der Waals surface area contributed by atoms with E-state index in [-0.39, 0.29) is 5.91 Å². The first-order valence-corrected chi connectivity index (χ1v) is 10.8. The largest absolute Gasteiger partial charge is 0.481 e. The van der Waals surface area contributed by atoms with Crippen LogP contribution in [0.1, 0.15) is 5.56 Å². The molecular formula is C18H10Br2ClNO4S2. The molecule has 0 saturated carbocycles. The number of thiocarbonyl (C=S) groups is 1. The highest BCUT2D eigenvalue weighted by molar-refractivity contribution is 9.10. The molecule has 0 atom stereocenters. The van der Waals surface area contributed by atoms with Crippen LogP contribution in [0.25, 0.3) is 6.08 Å². The fraction of sp³-hybridized carbons (Fsp3) is 0.0556. The van der Waals surface area contributed by atoms with Gasteiger partial charge < -0.3 is 9.84 Å². The molecule has 1 amide bonds. The molecule has 1 heterocycles. The summed E-state index contributed by atoms with van der Waals surface area (Å²) in [5, 5.41) is 9.30. The van der Waals surface area contributed by atoms with E-state index in [9.17, 15) is 9.59 Å². The molecule has 5 nitrogen and oxygen atoms in total. The Hall–Kier alpha value is -1.39. The van der Waals surface area contributed by atoms with Crippen LogP contribution in [0, 0.1) is 0 Å². The van der Waals surface area contributed by atoms with Gasteiger partial charge in [-0.25, -0.2) is 4.79 Å². The van der Waals surface area contributed by atoms with E-state index in [0.717, 1.165) is 16.2 Å². The van der Waals surface area contributed by atoms with Crippen LogP contribution in [-0.2, 0) is 9.59 Å². The number of rotatable bonds is 5. The number of hydrogen-bond acceptors (Lipinski definition) is 5. The van der Waals surface area contributed by atoms with E-state index in [1.807, 2.05) is 0 Å². The molecule has 0 unspecified atom stereocenters. The molecule has 0 radical (unpaired) electrons. The predicted molar refractivity (Wildman–Crippen MR) is 122 cm³/mol. The molecular weight excluding hydrogens is 554 g/mol. The van der Waals surface area contributed by atoms with Gasteiger partial charge in [-0.05, 0) is 58.4 Å². The second-order valence-corrected chi connectivity index (χ2v) is 9.33. The summed E-state index contributed by atoms with van der Waals surface area (Å²) in [6, 6.07) is 10.2. The van der Waals surface area contributed by atoms with Crippen LogP contribution in [0.3, 0.4) is 0 Å². The predicted octanol–water partition coefficient (Wildman–Crippen LogP) is 5.73. The number of anilines is 1. The van der Waals surface area contributed by atoms with Crippen LogP contribution >= 0.6 is 67.4 Å². The molecule has 1 saturated heterocycles. The lowest BCUT2D eigenvalue weighted by Crippen LogP contribution is -2.27. The minimum absolute atomic E-state index is 0.294. The quantitative estimate of drug-likeness (QED) is 0.370. The summed E-state index contributed by atoms with van der Waals surface area (Å²) in [4.78, 5) is 25.5. The minimum atomic E-state index is -1.09. The number of aliphatic carboxylic acids is 1. The highest BCUT2D eigenvalue weighted by Crippen LogP contribution is 2.39. The average Bonchev–Trinajstić information content (AvgIpc) is 2.90. The van der Waals surface area contributed by atoms with Crippen molar-refractivity contribution in [2.24, 2.45) is 0 Å². The summed E-state index contributed by atoms with van der Waals surface area (Å²) >= 11 is 19.3. The second kappa shape index (κ2) is 8.96. The highest BCUT2D eigenvalue weighted by atomic mass is 79.9. The van der Waals surface area contributed by atoms with Gasteiger partial charge in [0.05, 0.1) is 15.6 Å². The smallest absolute Gasteiger partial charge is 0.341 e. The molecule has 0 aromatic heterocycles. The first-order valence-electron chi connectivity index (χ1n) is 7.63. The van der Waals surface area contributed by atoms with Crippen LogP contribution in [0.5, 0.6) is 5.75 Å². The number of carbonyl (C=O) groups is 2. The van der Waals surface area contributed by atoms with Crippen molar-refractivity contribution in [3.63, 3.8) is 0 Å². The first kappa shape index (κ1) is 21.3. The molecule has 144 valence electrons. The van der Waals surface area contributed by atoms with E-state index in [4.69, 9.17) is 33.7 Å².